The molecule has 7 N–H and O–H groups in total. The summed E-state index contributed by atoms with van der Waals surface area (Å²) in [6.45, 7) is -0.299. The molecule has 2 saturated heterocycles. The number of nitrogen functional groups attached to an aromatic ring is 1. The Morgan fingerprint density at radius 3 is 2.96 bits per heavy atom. The Morgan fingerprint density at radius 1 is 1.48 bits per heavy atom. The summed E-state index contributed by atoms with van der Waals surface area (Å²) in [7, 11) is -3.17. The molecule has 138 valence electrons. The summed E-state index contributed by atoms with van der Waals surface area (Å²) in [5, 5.41) is 16.6. The van der Waals surface area contributed by atoms with Crippen LogP contribution in [0.25, 0.3) is 0 Å². The molecule has 0 saturated carbocycles. The summed E-state index contributed by atoms with van der Waals surface area (Å²) in [5.41, 5.74) is 4.95. The Kier molecular flexibility index (Phi) is 3.60. The van der Waals surface area contributed by atoms with Crippen molar-refractivity contribution in [1.82, 2.24) is 9.97 Å². The lowest BCUT2D eigenvalue weighted by Gasteiger charge is -2.53. The molecule has 1 aromatic rings. The largest absolute Gasteiger partial charge is 0.472 e. The summed E-state index contributed by atoms with van der Waals surface area (Å²) < 4.78 is 32.3. The summed E-state index contributed by atoms with van der Waals surface area (Å²) >= 11 is 0. The minimum absolute atomic E-state index is 0.00668. The normalized spacial score (nSPS) is 42.4. The number of hydrogen-bond acceptors (Lipinski definition) is 11. The molecule has 13 nitrogen and oxygen atoms in total. The van der Waals surface area contributed by atoms with E-state index in [2.05, 4.69) is 20.6 Å². The molecule has 2 fully saturated rings. The van der Waals surface area contributed by atoms with Crippen molar-refractivity contribution in [3.8, 4) is 0 Å². The highest BCUT2D eigenvalue weighted by Crippen LogP contribution is 2.53. The number of hydrogen-bond donors (Lipinski definition) is 6. The number of phosphoric ester groups is 1. The van der Waals surface area contributed by atoms with E-state index in [0.29, 0.717) is 0 Å². The lowest BCUT2D eigenvalue weighted by atomic mass is 9.90. The molecule has 3 aliphatic rings. The number of phosphoric acid groups is 1. The van der Waals surface area contributed by atoms with Gasteiger partial charge >= 0.3 is 7.82 Å². The summed E-state index contributed by atoms with van der Waals surface area (Å²) in [6, 6.07) is -1.06. The molecule has 6 unspecified atom stereocenters. The smallest absolute Gasteiger partial charge is 0.369 e. The van der Waals surface area contributed by atoms with Gasteiger partial charge in [-0.1, -0.05) is 0 Å². The molecule has 25 heavy (non-hydrogen) atoms. The van der Waals surface area contributed by atoms with Gasteiger partial charge in [0, 0.05) is 7.11 Å². The Bertz CT molecular complexity index is 818. The van der Waals surface area contributed by atoms with Crippen molar-refractivity contribution < 1.29 is 33.1 Å². The van der Waals surface area contributed by atoms with Crippen LogP contribution >= 0.6 is 7.82 Å². The van der Waals surface area contributed by atoms with Crippen LogP contribution in [0.15, 0.2) is 4.79 Å². The van der Waals surface area contributed by atoms with Crippen LogP contribution < -0.4 is 21.9 Å². The van der Waals surface area contributed by atoms with Gasteiger partial charge in [-0.15, -0.1) is 0 Å². The second-order valence-corrected chi connectivity index (χ2v) is 7.19. The van der Waals surface area contributed by atoms with Crippen molar-refractivity contribution >= 4 is 25.3 Å². The molecule has 4 heterocycles. The van der Waals surface area contributed by atoms with Crippen LogP contribution in [0.4, 0.5) is 17.5 Å². The van der Waals surface area contributed by atoms with E-state index in [9.17, 15) is 19.4 Å². The minimum Gasteiger partial charge on any atom is -0.369 e. The van der Waals surface area contributed by atoms with E-state index in [-0.39, 0.29) is 24.1 Å². The number of rotatable bonds is 1. The molecule has 4 rings (SSSR count). The van der Waals surface area contributed by atoms with Gasteiger partial charge in [0.1, 0.15) is 17.8 Å². The van der Waals surface area contributed by atoms with Gasteiger partial charge in [-0.25, -0.2) is 4.57 Å². The number of aromatic nitrogens is 2. The highest BCUT2D eigenvalue weighted by molar-refractivity contribution is 7.47. The summed E-state index contributed by atoms with van der Waals surface area (Å²) in [4.78, 5) is 27.9. The fourth-order valence-electron chi connectivity index (χ4n) is 3.17. The minimum atomic E-state index is -4.36. The predicted molar refractivity (Wildman–Crippen MR) is 81.6 cm³/mol. The zero-order valence-electron chi connectivity index (χ0n) is 12.8. The van der Waals surface area contributed by atoms with Gasteiger partial charge in [-0.3, -0.25) is 18.8 Å². The number of aliphatic hydroxyl groups is 1. The first-order valence-corrected chi connectivity index (χ1v) is 8.74. The number of ether oxygens (including phenoxy) is 2. The quantitative estimate of drug-likeness (QED) is 0.236. The average Bonchev–Trinajstić information content (AvgIpc) is 2.54. The first kappa shape index (κ1) is 16.7. The third-order valence-corrected chi connectivity index (χ3v) is 5.28. The summed E-state index contributed by atoms with van der Waals surface area (Å²) in [6.07, 6.45) is -3.15. The Labute approximate surface area is 140 Å². The van der Waals surface area contributed by atoms with Crippen molar-refractivity contribution in [3.05, 3.63) is 10.4 Å². The Hall–Kier alpha value is -1.73. The molecule has 0 aliphatic carbocycles. The first-order valence-electron chi connectivity index (χ1n) is 7.25. The zero-order valence-corrected chi connectivity index (χ0v) is 13.7. The number of anilines is 3. The number of aromatic amines is 1. The maximum atomic E-state index is 12.1. The van der Waals surface area contributed by atoms with Gasteiger partial charge in [0.2, 0.25) is 11.7 Å². The van der Waals surface area contributed by atoms with Crippen molar-refractivity contribution in [2.75, 3.05) is 30.1 Å². The third kappa shape index (κ3) is 2.52. The van der Waals surface area contributed by atoms with E-state index >= 15 is 0 Å². The van der Waals surface area contributed by atoms with Gasteiger partial charge in [0.05, 0.1) is 6.61 Å². The molecule has 14 heteroatoms. The number of H-pyrrole nitrogens is 1. The van der Waals surface area contributed by atoms with Crippen molar-refractivity contribution in [2.45, 2.75) is 30.3 Å². The third-order valence-electron chi connectivity index (χ3n) is 4.31. The van der Waals surface area contributed by atoms with Gasteiger partial charge < -0.3 is 35.8 Å². The lowest BCUT2D eigenvalue weighted by Crippen LogP contribution is -2.73. The van der Waals surface area contributed by atoms with Crippen LogP contribution in [0, 0.1) is 0 Å². The fraction of sp³-hybridized carbons (Fsp3) is 0.636. The first-order chi connectivity index (χ1) is 11.7. The highest BCUT2D eigenvalue weighted by Gasteiger charge is 2.62. The molecule has 0 radical (unpaired) electrons. The summed E-state index contributed by atoms with van der Waals surface area (Å²) in [5.74, 6) is -2.07. The monoisotopic (exact) mass is 377 g/mol. The van der Waals surface area contributed by atoms with Crippen LogP contribution in [-0.4, -0.2) is 63.9 Å². The van der Waals surface area contributed by atoms with Crippen LogP contribution in [0.1, 0.15) is 0 Å². The molecular weight excluding hydrogens is 361 g/mol. The van der Waals surface area contributed by atoms with Crippen LogP contribution in [0.5, 0.6) is 0 Å². The second-order valence-electron chi connectivity index (χ2n) is 5.78. The molecule has 6 atom stereocenters. The molecular formula is C11H16N5O8P. The van der Waals surface area contributed by atoms with Crippen LogP contribution in [-0.2, 0) is 23.1 Å². The average molecular weight is 377 g/mol. The Morgan fingerprint density at radius 2 is 2.24 bits per heavy atom. The van der Waals surface area contributed by atoms with Gasteiger partial charge in [-0.2, -0.15) is 4.98 Å². The highest BCUT2D eigenvalue weighted by atomic mass is 31.2. The molecule has 1 aromatic heterocycles. The number of fused-ring (bicyclic) bond motifs is 3. The van der Waals surface area contributed by atoms with E-state index in [1.165, 1.54) is 7.11 Å². The molecule has 0 bridgehead atoms. The number of methoxy groups -OCH3 is 1. The van der Waals surface area contributed by atoms with E-state index in [4.69, 9.17) is 24.3 Å². The number of nitrogens with two attached hydrogens (primary N) is 1. The lowest BCUT2D eigenvalue weighted by molar-refractivity contribution is -0.322. The van der Waals surface area contributed by atoms with Gasteiger partial charge in [-0.05, 0) is 0 Å². The molecule has 0 aromatic carbocycles. The molecule has 0 amide bonds. The van der Waals surface area contributed by atoms with E-state index in [1.807, 2.05) is 0 Å². The maximum absolute atomic E-state index is 12.1. The van der Waals surface area contributed by atoms with Crippen molar-refractivity contribution in [1.29, 1.82) is 0 Å². The fourth-order valence-corrected chi connectivity index (χ4v) is 4.14. The van der Waals surface area contributed by atoms with Crippen LogP contribution in [0.3, 0.4) is 0 Å². The van der Waals surface area contributed by atoms with E-state index in [0.717, 1.165) is 0 Å². The molecule has 3 aliphatic heterocycles. The van der Waals surface area contributed by atoms with Gasteiger partial charge in [0.25, 0.3) is 5.56 Å². The topological polar surface area (TPSA) is 190 Å². The maximum Gasteiger partial charge on any atom is 0.472 e. The van der Waals surface area contributed by atoms with Gasteiger partial charge in [0.15, 0.2) is 18.1 Å². The number of nitrogens with zero attached hydrogens (tertiary/aromatic N) is 1. The van der Waals surface area contributed by atoms with E-state index in [1.54, 1.807) is 0 Å². The standard InChI is InChI=1S/C11H16N5O8P/c1-21-11(18)5-9(23-3-2-22-25(19,20)24-6(3)11)14-7-4(13-5)8(17)16-10(12)15-7/h3,5-6,9,13,18H,2H2,1H3,(H,19,20)(H4,12,14,15,16,17). The van der Waals surface area contributed by atoms with E-state index < -0.39 is 43.6 Å². The zero-order chi connectivity index (χ0) is 18.0. The number of nitrogens with one attached hydrogen (secondary N) is 3. The molecule has 0 spiro atoms. The van der Waals surface area contributed by atoms with Crippen molar-refractivity contribution in [2.24, 2.45) is 0 Å². The second kappa shape index (κ2) is 5.38. The SMILES string of the molecule is COC1(O)C2Nc3c(nc(N)[nH]c3=O)NC2OC2COP(=O)(O)OC21. The predicted octanol–water partition coefficient (Wildman–Crippen LogP) is -1.87. The van der Waals surface area contributed by atoms with Crippen molar-refractivity contribution in [3.63, 3.8) is 0 Å². The Balaban J connectivity index is 1.75. The van der Waals surface area contributed by atoms with Crippen LogP contribution in [0.2, 0.25) is 0 Å².